The van der Waals surface area contributed by atoms with Crippen LogP contribution in [-0.2, 0) is 60.0 Å². The second-order valence-electron chi connectivity index (χ2n) is 12.2. The molecular weight excluding hydrogens is 1010 g/mol. The third kappa shape index (κ3) is 9.07. The molecular formula is C32H22N8Na4O12RhS4. The van der Waals surface area contributed by atoms with Gasteiger partial charge in [-0.25, -0.2) is 29.9 Å². The Morgan fingerprint density at radius 2 is 0.607 bits per heavy atom. The quantitative estimate of drug-likeness (QED) is 0.107. The summed E-state index contributed by atoms with van der Waals surface area (Å²) >= 11 is 0. The molecule has 6 N–H and O–H groups in total. The molecule has 8 bridgehead atoms. The van der Waals surface area contributed by atoms with Gasteiger partial charge in [-0.05, 0) is 0 Å². The van der Waals surface area contributed by atoms with Gasteiger partial charge < -0.3 is 9.97 Å². The van der Waals surface area contributed by atoms with Gasteiger partial charge in [0.15, 0.2) is 23.3 Å². The van der Waals surface area contributed by atoms with Crippen LogP contribution in [0.4, 0.5) is 0 Å². The molecule has 4 aromatic carbocycles. The van der Waals surface area contributed by atoms with Crippen molar-refractivity contribution in [3.05, 3.63) is 72.8 Å². The molecule has 0 saturated heterocycles. The molecule has 7 aromatic rings. The standard InChI is InChI=1S/C32H18N8O12S4.4Na.Rh.4H/c41-53(42,43)21-19-20(22(54(44,45)46)24(56(50,51)52)23(21)55(47,48)49)32-39-30-18-12-6-4-10-16(18)28(37-30)35-26-14-8-2-1-7-13(14)25(33-26)34-27-15-9-3-5-11-17(15)29(36-27)38-31(19)40-32;;;;;;;;;/h1-12H,(H,41,42,43)(H,44,45,46)(H,47,48,49)(H,50,51,52)(H2,33,34,35,36,37,38,39,40);;;;;;;;;. The Morgan fingerprint density at radius 3 is 0.885 bits per heavy atom. The van der Waals surface area contributed by atoms with Crippen molar-refractivity contribution in [2.45, 2.75) is 19.6 Å². The van der Waals surface area contributed by atoms with Gasteiger partial charge in [0.1, 0.15) is 42.2 Å². The van der Waals surface area contributed by atoms with Crippen molar-refractivity contribution in [1.29, 1.82) is 0 Å². The first-order valence-corrected chi connectivity index (χ1v) is 21.3. The Bertz CT molecular complexity index is 3400. The Balaban J connectivity index is 0.00000164. The zero-order chi connectivity index (χ0) is 39.7. The van der Waals surface area contributed by atoms with Gasteiger partial charge in [-0.3, -0.25) is 18.2 Å². The summed E-state index contributed by atoms with van der Waals surface area (Å²) in [7, 11) is -24.6. The molecule has 1 radical (unpaired) electrons. The van der Waals surface area contributed by atoms with Crippen molar-refractivity contribution in [1.82, 2.24) is 39.9 Å². The maximum Gasteiger partial charge on any atom is 0 e. The fourth-order valence-electron chi connectivity index (χ4n) is 6.75. The first-order valence-electron chi connectivity index (χ1n) is 15.5. The first-order chi connectivity index (χ1) is 26.3. The first kappa shape index (κ1) is 52.1. The average Bonchev–Trinajstić information content (AvgIpc) is 3.84. The van der Waals surface area contributed by atoms with Gasteiger partial charge in [0, 0.05) is 52.5 Å². The predicted octanol–water partition coefficient (Wildman–Crippen LogP) is 1.26. The van der Waals surface area contributed by atoms with Crippen molar-refractivity contribution < 1.29 is 71.4 Å². The zero-order valence-electron chi connectivity index (χ0n) is 27.6. The second kappa shape index (κ2) is 18.4. The van der Waals surface area contributed by atoms with Crippen LogP contribution >= 0.6 is 0 Å². The van der Waals surface area contributed by atoms with Crippen LogP contribution in [0.1, 0.15) is 0 Å². The number of aromatic nitrogens is 8. The van der Waals surface area contributed by atoms with Crippen LogP contribution in [-0.4, -0.2) is 210 Å². The predicted molar refractivity (Wildman–Crippen MR) is 224 cm³/mol. The Labute approximate surface area is 445 Å². The molecule has 2 aliphatic heterocycles. The largest absolute Gasteiger partial charge is 0 e. The van der Waals surface area contributed by atoms with Crippen LogP contribution in [0, 0.1) is 0 Å². The Hall–Kier alpha value is -1.50. The molecule has 299 valence electrons. The molecule has 0 amide bonds. The third-order valence-electron chi connectivity index (χ3n) is 8.85. The number of benzene rings is 4. The average molecular weight is 1030 g/mol. The minimum atomic E-state index is -6.24. The number of rotatable bonds is 4. The molecule has 3 aromatic heterocycles. The molecule has 9 rings (SSSR count). The Morgan fingerprint density at radius 1 is 0.361 bits per heavy atom. The summed E-state index contributed by atoms with van der Waals surface area (Å²) in [6.07, 6.45) is 0. The third-order valence-corrected chi connectivity index (χ3v) is 12.9. The molecule has 29 heteroatoms. The SMILES string of the molecule is O=S(=O)(O)c1c(S(=O)(=O)O)c(S(=O)(=O)O)c2c3nc4nc(nc5[nH]c(nc6nc(nc([nH]3)c2c1S(=O)(=O)O)-c1ccccc1-6)c1ccccc51)-c1ccccc1-4.[NaH].[NaH].[NaH].[NaH].[Rh]. The van der Waals surface area contributed by atoms with Crippen molar-refractivity contribution in [3.63, 3.8) is 0 Å². The fourth-order valence-corrected chi connectivity index (χ4v) is 11.7. The van der Waals surface area contributed by atoms with E-state index in [0.29, 0.717) is 33.2 Å². The number of H-pyrrole nitrogens is 2. The van der Waals surface area contributed by atoms with E-state index >= 15 is 0 Å². The summed E-state index contributed by atoms with van der Waals surface area (Å²) in [6, 6.07) is 19.9. The maximum atomic E-state index is 13.2. The van der Waals surface area contributed by atoms with E-state index in [1.807, 2.05) is 0 Å². The van der Waals surface area contributed by atoms with Crippen molar-refractivity contribution in [3.8, 4) is 45.6 Å². The number of aromatic amines is 2. The van der Waals surface area contributed by atoms with E-state index in [9.17, 15) is 51.9 Å². The van der Waals surface area contributed by atoms with Crippen LogP contribution in [0.3, 0.4) is 0 Å². The molecule has 0 atom stereocenters. The number of fused-ring (bicyclic) bond motifs is 20. The van der Waals surface area contributed by atoms with Gasteiger partial charge in [0.25, 0.3) is 40.5 Å². The maximum absolute atomic E-state index is 13.2. The summed E-state index contributed by atoms with van der Waals surface area (Å²) in [5.41, 5.74) is 0.187. The molecule has 0 unspecified atom stereocenters. The number of hydrogen-bond donors (Lipinski definition) is 6. The van der Waals surface area contributed by atoms with Crippen molar-refractivity contribution in [2.75, 3.05) is 0 Å². The van der Waals surface area contributed by atoms with E-state index in [1.165, 1.54) is 12.1 Å². The van der Waals surface area contributed by atoms with E-state index in [1.54, 1.807) is 60.7 Å². The van der Waals surface area contributed by atoms with Crippen molar-refractivity contribution >= 4 is 203 Å². The molecule has 61 heavy (non-hydrogen) atoms. The molecule has 2 aliphatic rings. The monoisotopic (exact) mass is 1030 g/mol. The molecule has 20 nitrogen and oxygen atoms in total. The van der Waals surface area contributed by atoms with E-state index in [-0.39, 0.29) is 172 Å². The molecule has 0 saturated carbocycles. The van der Waals surface area contributed by atoms with E-state index in [2.05, 4.69) is 29.9 Å². The van der Waals surface area contributed by atoms with Crippen LogP contribution in [0.15, 0.2) is 92.4 Å². The molecule has 0 aliphatic carbocycles. The molecule has 0 fully saturated rings. The minimum Gasteiger partial charge on any atom is 0 e. The number of hydrogen-bond acceptors (Lipinski definition) is 14. The summed E-state index contributed by atoms with van der Waals surface area (Å²) in [4.78, 5) is 24.5. The normalized spacial score (nSPS) is 12.1. The fraction of sp³-hybridized carbons (Fsp3) is 0. The van der Waals surface area contributed by atoms with E-state index in [4.69, 9.17) is 9.97 Å². The smallest absolute Gasteiger partial charge is 0 e. The van der Waals surface area contributed by atoms with Gasteiger partial charge in [-0.1, -0.05) is 72.8 Å². The van der Waals surface area contributed by atoms with Gasteiger partial charge in [0.2, 0.25) is 0 Å². The van der Waals surface area contributed by atoms with Crippen LogP contribution in [0.2, 0.25) is 0 Å². The number of nitrogens with one attached hydrogen (secondary N) is 2. The van der Waals surface area contributed by atoms with E-state index < -0.39 is 82.1 Å². The Kier molecular flexibility index (Phi) is 15.7. The molecule has 0 spiro atoms. The zero-order valence-corrected chi connectivity index (χ0v) is 32.5. The second-order valence-corrected chi connectivity index (χ2v) is 17.6. The number of nitrogens with zero attached hydrogens (tertiary/aromatic N) is 6. The van der Waals surface area contributed by atoms with Crippen LogP contribution in [0.5, 0.6) is 0 Å². The van der Waals surface area contributed by atoms with Gasteiger partial charge in [-0.2, -0.15) is 33.7 Å². The van der Waals surface area contributed by atoms with E-state index in [0.717, 1.165) is 0 Å². The summed E-state index contributed by atoms with van der Waals surface area (Å²) in [6.45, 7) is 0. The van der Waals surface area contributed by atoms with Gasteiger partial charge >= 0.3 is 118 Å². The van der Waals surface area contributed by atoms with Gasteiger partial charge in [0.05, 0.1) is 10.8 Å². The van der Waals surface area contributed by atoms with Crippen LogP contribution < -0.4 is 0 Å². The van der Waals surface area contributed by atoms with Crippen LogP contribution in [0.25, 0.3) is 89.7 Å². The van der Waals surface area contributed by atoms with Gasteiger partial charge in [-0.15, -0.1) is 0 Å². The summed E-state index contributed by atoms with van der Waals surface area (Å²) in [5, 5.41) is -1.17. The summed E-state index contributed by atoms with van der Waals surface area (Å²) in [5.74, 6) is -0.428. The topological polar surface area (TPSA) is 326 Å². The van der Waals surface area contributed by atoms with Crippen molar-refractivity contribution in [2.24, 2.45) is 0 Å². The molecule has 5 heterocycles. The minimum absolute atomic E-state index is 0. The summed E-state index contributed by atoms with van der Waals surface area (Å²) < 4.78 is 146.